The van der Waals surface area contributed by atoms with E-state index in [1.54, 1.807) is 0 Å². The molecule has 0 bridgehead atoms. The van der Waals surface area contributed by atoms with Gasteiger partial charge in [0.05, 0.1) is 31.0 Å². The molecule has 0 rings (SSSR count). The van der Waals surface area contributed by atoms with E-state index < -0.39 is 0 Å². The first kappa shape index (κ1) is 17.9. The Labute approximate surface area is 113 Å². The first-order chi connectivity index (χ1) is 8.19. The van der Waals surface area contributed by atoms with Gasteiger partial charge in [-0.2, -0.15) is 0 Å². The van der Waals surface area contributed by atoms with E-state index in [1.807, 2.05) is 13.8 Å². The molecule has 18 heavy (non-hydrogen) atoms. The highest BCUT2D eigenvalue weighted by atomic mass is 16.6. The second kappa shape index (κ2) is 8.13. The third kappa shape index (κ3) is 7.34. The van der Waals surface area contributed by atoms with Crippen molar-refractivity contribution in [2.45, 2.75) is 72.7 Å². The minimum atomic E-state index is -0.143. The first-order valence-electron chi connectivity index (χ1n) is 7.09. The maximum absolute atomic E-state index is 8.90. The number of aliphatic hydroxyl groups is 1. The predicted octanol–water partition coefficient (Wildman–Crippen LogP) is 3.25. The summed E-state index contributed by atoms with van der Waals surface area (Å²) in [5.74, 6) is 1.19. The number of aliphatic hydroxyl groups excluding tert-OH is 1. The third-order valence-corrected chi connectivity index (χ3v) is 3.39. The maximum Gasteiger partial charge on any atom is 0.0788 e. The molecule has 0 heterocycles. The van der Waals surface area contributed by atoms with E-state index in [2.05, 4.69) is 34.6 Å². The average molecular weight is 260 g/mol. The first-order valence-corrected chi connectivity index (χ1v) is 7.09. The third-order valence-electron chi connectivity index (χ3n) is 3.39. The van der Waals surface area contributed by atoms with E-state index in [4.69, 9.17) is 14.6 Å². The molecule has 110 valence electrons. The molecule has 0 aliphatic carbocycles. The molecule has 0 radical (unpaired) electrons. The molecule has 0 aliphatic rings. The van der Waals surface area contributed by atoms with Crippen LogP contribution in [0.15, 0.2) is 0 Å². The predicted molar refractivity (Wildman–Crippen MR) is 75.7 cm³/mol. The lowest BCUT2D eigenvalue weighted by Crippen LogP contribution is -2.38. The molecule has 0 aromatic heterocycles. The molecule has 0 saturated carbocycles. The van der Waals surface area contributed by atoms with E-state index in [-0.39, 0.29) is 24.4 Å². The van der Waals surface area contributed by atoms with Gasteiger partial charge in [0.15, 0.2) is 0 Å². The SMILES string of the molecule is CC(C)CC(C)C(C)(C)OC(C)COC(C)CO. The molecule has 0 saturated heterocycles. The van der Waals surface area contributed by atoms with Crippen LogP contribution in [0, 0.1) is 11.8 Å². The number of hydrogen-bond acceptors (Lipinski definition) is 3. The van der Waals surface area contributed by atoms with Crippen molar-refractivity contribution in [2.24, 2.45) is 11.8 Å². The Kier molecular flexibility index (Phi) is 8.08. The second-order valence-corrected chi connectivity index (χ2v) is 6.39. The highest BCUT2D eigenvalue weighted by Gasteiger charge is 2.29. The number of hydrogen-bond donors (Lipinski definition) is 1. The molecular formula is C15H32O3. The zero-order valence-electron chi connectivity index (χ0n) is 13.2. The maximum atomic E-state index is 8.90. The molecule has 3 unspecified atom stereocenters. The van der Waals surface area contributed by atoms with Crippen molar-refractivity contribution in [2.75, 3.05) is 13.2 Å². The lowest BCUT2D eigenvalue weighted by atomic mass is 9.85. The fourth-order valence-electron chi connectivity index (χ4n) is 2.01. The van der Waals surface area contributed by atoms with E-state index in [9.17, 15) is 0 Å². The van der Waals surface area contributed by atoms with Crippen molar-refractivity contribution in [3.8, 4) is 0 Å². The Balaban J connectivity index is 4.13. The van der Waals surface area contributed by atoms with Gasteiger partial charge in [-0.25, -0.2) is 0 Å². The molecule has 3 nitrogen and oxygen atoms in total. The Morgan fingerprint density at radius 1 is 1.00 bits per heavy atom. The fourth-order valence-corrected chi connectivity index (χ4v) is 2.01. The van der Waals surface area contributed by atoms with Gasteiger partial charge in [-0.05, 0) is 46.0 Å². The molecular weight excluding hydrogens is 228 g/mol. The summed E-state index contributed by atoms with van der Waals surface area (Å²) in [5.41, 5.74) is -0.143. The monoisotopic (exact) mass is 260 g/mol. The molecule has 0 spiro atoms. The standard InChI is InChI=1S/C15H32O3/c1-11(2)8-12(3)15(6,7)18-14(5)10-17-13(4)9-16/h11-14,16H,8-10H2,1-7H3. The normalized spacial score (nSPS) is 17.8. The van der Waals surface area contributed by atoms with Gasteiger partial charge in [-0.15, -0.1) is 0 Å². The lowest BCUT2D eigenvalue weighted by molar-refractivity contribution is -0.130. The van der Waals surface area contributed by atoms with Crippen molar-refractivity contribution in [1.29, 1.82) is 0 Å². The van der Waals surface area contributed by atoms with E-state index in [0.29, 0.717) is 18.4 Å². The van der Waals surface area contributed by atoms with E-state index >= 15 is 0 Å². The topological polar surface area (TPSA) is 38.7 Å². The largest absolute Gasteiger partial charge is 0.394 e. The molecule has 0 fully saturated rings. The van der Waals surface area contributed by atoms with Gasteiger partial charge >= 0.3 is 0 Å². The van der Waals surface area contributed by atoms with Crippen molar-refractivity contribution < 1.29 is 14.6 Å². The van der Waals surface area contributed by atoms with Crippen molar-refractivity contribution in [3.05, 3.63) is 0 Å². The molecule has 0 aromatic rings. The number of ether oxygens (including phenoxy) is 2. The summed E-state index contributed by atoms with van der Waals surface area (Å²) >= 11 is 0. The van der Waals surface area contributed by atoms with Crippen LogP contribution in [0.1, 0.15) is 54.9 Å². The lowest BCUT2D eigenvalue weighted by Gasteiger charge is -2.36. The minimum Gasteiger partial charge on any atom is -0.394 e. The summed E-state index contributed by atoms with van der Waals surface area (Å²) in [6.07, 6.45) is 1.09. The van der Waals surface area contributed by atoms with Crippen LogP contribution < -0.4 is 0 Å². The van der Waals surface area contributed by atoms with Gasteiger partial charge in [0.25, 0.3) is 0 Å². The van der Waals surface area contributed by atoms with Crippen LogP contribution in [0.3, 0.4) is 0 Å². The Morgan fingerprint density at radius 3 is 2.00 bits per heavy atom. The summed E-state index contributed by atoms with van der Waals surface area (Å²) in [5, 5.41) is 8.90. The molecule has 0 amide bonds. The van der Waals surface area contributed by atoms with Gasteiger partial charge in [0.1, 0.15) is 0 Å². The number of rotatable bonds is 9. The zero-order chi connectivity index (χ0) is 14.3. The van der Waals surface area contributed by atoms with Crippen LogP contribution in [-0.2, 0) is 9.47 Å². The fraction of sp³-hybridized carbons (Fsp3) is 1.00. The zero-order valence-corrected chi connectivity index (χ0v) is 13.2. The van der Waals surface area contributed by atoms with Crippen LogP contribution in [0.2, 0.25) is 0 Å². The van der Waals surface area contributed by atoms with Crippen molar-refractivity contribution in [3.63, 3.8) is 0 Å². The molecule has 3 atom stereocenters. The Hall–Kier alpha value is -0.120. The highest BCUT2D eigenvalue weighted by Crippen LogP contribution is 2.28. The molecule has 1 N–H and O–H groups in total. The highest BCUT2D eigenvalue weighted by molar-refractivity contribution is 4.78. The summed E-state index contributed by atoms with van der Waals surface area (Å²) in [6.45, 7) is 15.5. The van der Waals surface area contributed by atoms with Gasteiger partial charge in [-0.3, -0.25) is 0 Å². The van der Waals surface area contributed by atoms with Crippen LogP contribution in [0.5, 0.6) is 0 Å². The second-order valence-electron chi connectivity index (χ2n) is 6.39. The van der Waals surface area contributed by atoms with Gasteiger partial charge in [-0.1, -0.05) is 20.8 Å². The average Bonchev–Trinajstić information content (AvgIpc) is 2.24. The van der Waals surface area contributed by atoms with Crippen LogP contribution in [0.4, 0.5) is 0 Å². The van der Waals surface area contributed by atoms with Crippen molar-refractivity contribution in [1.82, 2.24) is 0 Å². The smallest absolute Gasteiger partial charge is 0.0788 e. The summed E-state index contributed by atoms with van der Waals surface area (Å²) in [4.78, 5) is 0. The molecule has 0 aliphatic heterocycles. The molecule has 3 heteroatoms. The quantitative estimate of drug-likeness (QED) is 0.691. The van der Waals surface area contributed by atoms with Crippen molar-refractivity contribution >= 4 is 0 Å². The minimum absolute atomic E-state index is 0.0450. The summed E-state index contributed by atoms with van der Waals surface area (Å²) in [6, 6.07) is 0. The molecule has 0 aromatic carbocycles. The van der Waals surface area contributed by atoms with Gasteiger partial charge in [0, 0.05) is 0 Å². The van der Waals surface area contributed by atoms with Crippen LogP contribution in [-0.4, -0.2) is 36.1 Å². The Bertz CT molecular complexity index is 214. The van der Waals surface area contributed by atoms with Gasteiger partial charge < -0.3 is 14.6 Å². The summed E-state index contributed by atoms with van der Waals surface area (Å²) in [7, 11) is 0. The van der Waals surface area contributed by atoms with Gasteiger partial charge in [0.2, 0.25) is 0 Å². The van der Waals surface area contributed by atoms with E-state index in [1.165, 1.54) is 0 Å². The van der Waals surface area contributed by atoms with Crippen LogP contribution in [0.25, 0.3) is 0 Å². The van der Waals surface area contributed by atoms with E-state index in [0.717, 1.165) is 6.42 Å². The van der Waals surface area contributed by atoms with Crippen LogP contribution >= 0.6 is 0 Å². The summed E-state index contributed by atoms with van der Waals surface area (Å²) < 4.78 is 11.6. The Morgan fingerprint density at radius 2 is 1.56 bits per heavy atom.